The van der Waals surface area contributed by atoms with Gasteiger partial charge in [0.15, 0.2) is 0 Å². The lowest BCUT2D eigenvalue weighted by Crippen LogP contribution is -1.98. The van der Waals surface area contributed by atoms with Crippen LogP contribution in [-0.4, -0.2) is 9.97 Å². The normalized spacial score (nSPS) is 10.8. The van der Waals surface area contributed by atoms with Crippen LogP contribution in [-0.2, 0) is 0 Å². The van der Waals surface area contributed by atoms with Gasteiger partial charge in [0.25, 0.3) is 0 Å². The predicted octanol–water partition coefficient (Wildman–Crippen LogP) is 4.13. The maximum absolute atomic E-state index is 6.09. The van der Waals surface area contributed by atoms with Gasteiger partial charge < -0.3 is 11.5 Å². The molecule has 4 rings (SSSR count). The third-order valence-electron chi connectivity index (χ3n) is 3.96. The Kier molecular flexibility index (Phi) is 3.35. The van der Waals surface area contributed by atoms with E-state index in [4.69, 9.17) is 21.4 Å². The second-order valence-corrected chi connectivity index (χ2v) is 5.62. The fourth-order valence-electron chi connectivity index (χ4n) is 2.74. The van der Waals surface area contributed by atoms with Crippen molar-refractivity contribution in [1.82, 2.24) is 9.97 Å². The molecule has 0 atom stereocenters. The number of hydrogen-bond acceptors (Lipinski definition) is 4. The molecule has 0 spiro atoms. The largest absolute Gasteiger partial charge is 0.399 e. The molecule has 1 heterocycles. The molecule has 116 valence electrons. The van der Waals surface area contributed by atoms with Crippen molar-refractivity contribution in [2.75, 3.05) is 11.5 Å². The number of hydrogen-bond donors (Lipinski definition) is 2. The van der Waals surface area contributed by atoms with E-state index in [-0.39, 0.29) is 0 Å². The summed E-state index contributed by atoms with van der Waals surface area (Å²) in [5.74, 6) is 0. The Morgan fingerprint density at radius 3 is 2.00 bits per heavy atom. The van der Waals surface area contributed by atoms with E-state index in [0.29, 0.717) is 16.9 Å². The van der Waals surface area contributed by atoms with Crippen LogP contribution in [0.5, 0.6) is 0 Å². The van der Waals surface area contributed by atoms with Crippen LogP contribution in [0.15, 0.2) is 72.8 Å². The molecule has 4 nitrogen and oxygen atoms in total. The fourth-order valence-corrected chi connectivity index (χ4v) is 2.74. The van der Waals surface area contributed by atoms with Crippen molar-refractivity contribution >= 4 is 22.4 Å². The van der Waals surface area contributed by atoms with E-state index < -0.39 is 0 Å². The summed E-state index contributed by atoms with van der Waals surface area (Å²) in [6.07, 6.45) is 0. The van der Waals surface area contributed by atoms with Gasteiger partial charge in [0.1, 0.15) is 5.52 Å². The third kappa shape index (κ3) is 2.44. The van der Waals surface area contributed by atoms with Crippen molar-refractivity contribution in [3.63, 3.8) is 0 Å². The van der Waals surface area contributed by atoms with E-state index in [0.717, 1.165) is 28.0 Å². The number of aromatic nitrogens is 2. The minimum absolute atomic E-state index is 0.622. The Morgan fingerprint density at radius 2 is 1.25 bits per heavy atom. The molecular weight excluding hydrogens is 296 g/mol. The van der Waals surface area contributed by atoms with Gasteiger partial charge in [0.2, 0.25) is 0 Å². The van der Waals surface area contributed by atoms with Crippen LogP contribution in [0.1, 0.15) is 0 Å². The minimum Gasteiger partial charge on any atom is -0.399 e. The number of rotatable bonds is 2. The molecule has 1 aromatic heterocycles. The minimum atomic E-state index is 0.622. The molecule has 0 bridgehead atoms. The van der Waals surface area contributed by atoms with Crippen molar-refractivity contribution in [2.45, 2.75) is 0 Å². The van der Waals surface area contributed by atoms with Gasteiger partial charge in [-0.1, -0.05) is 48.5 Å². The number of benzene rings is 3. The van der Waals surface area contributed by atoms with Crippen molar-refractivity contribution < 1.29 is 0 Å². The number of nitrogens with zero attached hydrogens (tertiary/aromatic N) is 2. The van der Waals surface area contributed by atoms with Crippen LogP contribution in [0.3, 0.4) is 0 Å². The van der Waals surface area contributed by atoms with Crippen LogP contribution < -0.4 is 11.5 Å². The Hall–Kier alpha value is -3.40. The first kappa shape index (κ1) is 14.2. The number of nitrogen functional groups attached to an aromatic ring is 2. The van der Waals surface area contributed by atoms with E-state index in [2.05, 4.69) is 0 Å². The number of para-hydroxylation sites is 1. The maximum Gasteiger partial charge on any atom is 0.112 e. The SMILES string of the molecule is Nc1ccc(-c2nc3c(N)cccc3nc2-c2ccccc2)cc1. The molecule has 0 radical (unpaired) electrons. The Bertz CT molecular complexity index is 1010. The predicted molar refractivity (Wildman–Crippen MR) is 99.2 cm³/mol. The van der Waals surface area contributed by atoms with Gasteiger partial charge in [-0.25, -0.2) is 9.97 Å². The van der Waals surface area contributed by atoms with E-state index >= 15 is 0 Å². The zero-order valence-corrected chi connectivity index (χ0v) is 13.0. The first-order valence-corrected chi connectivity index (χ1v) is 7.70. The molecule has 0 unspecified atom stereocenters. The Labute approximate surface area is 139 Å². The summed E-state index contributed by atoms with van der Waals surface area (Å²) in [6, 6.07) is 23.3. The smallest absolute Gasteiger partial charge is 0.112 e. The van der Waals surface area contributed by atoms with Crippen molar-refractivity contribution in [1.29, 1.82) is 0 Å². The summed E-state index contributed by atoms with van der Waals surface area (Å²) in [6.45, 7) is 0. The molecule has 0 amide bonds. The molecule has 4 N–H and O–H groups in total. The fraction of sp³-hybridized carbons (Fsp3) is 0. The molecule has 24 heavy (non-hydrogen) atoms. The highest BCUT2D eigenvalue weighted by Crippen LogP contribution is 2.32. The average Bonchev–Trinajstić information content (AvgIpc) is 2.63. The molecular formula is C20H16N4. The first-order valence-electron chi connectivity index (χ1n) is 7.70. The van der Waals surface area contributed by atoms with E-state index in [1.165, 1.54) is 0 Å². The summed E-state index contributed by atoms with van der Waals surface area (Å²) in [5.41, 5.74) is 18.3. The number of nitrogens with two attached hydrogens (primary N) is 2. The van der Waals surface area contributed by atoms with E-state index in [9.17, 15) is 0 Å². The van der Waals surface area contributed by atoms with Crippen molar-refractivity contribution in [3.8, 4) is 22.5 Å². The molecule has 0 saturated heterocycles. The van der Waals surface area contributed by atoms with Gasteiger partial charge in [0.05, 0.1) is 22.6 Å². The van der Waals surface area contributed by atoms with Gasteiger partial charge in [0, 0.05) is 16.8 Å². The molecule has 4 heteroatoms. The second-order valence-electron chi connectivity index (χ2n) is 5.62. The number of fused-ring (bicyclic) bond motifs is 1. The second kappa shape index (κ2) is 5.66. The van der Waals surface area contributed by atoms with Crippen molar-refractivity contribution in [3.05, 3.63) is 72.8 Å². The summed E-state index contributed by atoms with van der Waals surface area (Å²) < 4.78 is 0. The molecule has 0 aliphatic carbocycles. The molecule has 0 fully saturated rings. The third-order valence-corrected chi connectivity index (χ3v) is 3.96. The topological polar surface area (TPSA) is 77.8 Å². The van der Waals surface area contributed by atoms with Gasteiger partial charge >= 0.3 is 0 Å². The van der Waals surface area contributed by atoms with Crippen LogP contribution in [0.2, 0.25) is 0 Å². The van der Waals surface area contributed by atoms with Crippen LogP contribution in [0, 0.1) is 0 Å². The standard InChI is InChI=1S/C20H16N4/c21-15-11-9-14(10-12-15)19-18(13-5-2-1-3-6-13)23-17-8-4-7-16(22)20(17)24-19/h1-12H,21-22H2. The summed E-state index contributed by atoms with van der Waals surface area (Å²) in [7, 11) is 0. The summed E-state index contributed by atoms with van der Waals surface area (Å²) in [4.78, 5) is 9.65. The zero-order valence-electron chi connectivity index (χ0n) is 13.0. The van der Waals surface area contributed by atoms with Gasteiger partial charge in [-0.2, -0.15) is 0 Å². The highest BCUT2D eigenvalue weighted by molar-refractivity contribution is 5.92. The monoisotopic (exact) mass is 312 g/mol. The van der Waals surface area contributed by atoms with Gasteiger partial charge in [-0.05, 0) is 24.3 Å². The number of anilines is 2. The first-order chi connectivity index (χ1) is 11.7. The maximum atomic E-state index is 6.09. The molecule has 0 aliphatic heterocycles. The van der Waals surface area contributed by atoms with E-state index in [1.54, 1.807) is 0 Å². The van der Waals surface area contributed by atoms with Crippen molar-refractivity contribution in [2.24, 2.45) is 0 Å². The lowest BCUT2D eigenvalue weighted by atomic mass is 10.0. The quantitative estimate of drug-likeness (QED) is 0.546. The molecule has 4 aromatic rings. The van der Waals surface area contributed by atoms with Gasteiger partial charge in [-0.15, -0.1) is 0 Å². The Balaban J connectivity index is 2.05. The molecule has 3 aromatic carbocycles. The molecule has 0 saturated carbocycles. The lowest BCUT2D eigenvalue weighted by Gasteiger charge is -2.11. The van der Waals surface area contributed by atoms with Gasteiger partial charge in [-0.3, -0.25) is 0 Å². The Morgan fingerprint density at radius 1 is 0.583 bits per heavy atom. The molecule has 0 aliphatic rings. The van der Waals surface area contributed by atoms with E-state index in [1.807, 2.05) is 72.8 Å². The lowest BCUT2D eigenvalue weighted by molar-refractivity contribution is 1.29. The highest BCUT2D eigenvalue weighted by atomic mass is 14.8. The zero-order chi connectivity index (χ0) is 16.5. The summed E-state index contributed by atoms with van der Waals surface area (Å²) in [5, 5.41) is 0. The average molecular weight is 312 g/mol. The highest BCUT2D eigenvalue weighted by Gasteiger charge is 2.14. The van der Waals surface area contributed by atoms with Crippen LogP contribution in [0.4, 0.5) is 11.4 Å². The van der Waals surface area contributed by atoms with Crippen LogP contribution >= 0.6 is 0 Å². The summed E-state index contributed by atoms with van der Waals surface area (Å²) >= 11 is 0. The van der Waals surface area contributed by atoms with Crippen LogP contribution in [0.25, 0.3) is 33.5 Å².